The Bertz CT molecular complexity index is 947. The summed E-state index contributed by atoms with van der Waals surface area (Å²) in [5, 5.41) is 13.9. The summed E-state index contributed by atoms with van der Waals surface area (Å²) < 4.78 is 0.685. The lowest BCUT2D eigenvalue weighted by Crippen LogP contribution is -2.19. The van der Waals surface area contributed by atoms with Crippen LogP contribution in [0.1, 0.15) is 5.56 Å². The van der Waals surface area contributed by atoms with Gasteiger partial charge in [-0.25, -0.2) is 4.99 Å². The van der Waals surface area contributed by atoms with E-state index in [-0.39, 0.29) is 16.7 Å². The largest absolute Gasteiger partial charge is 0.506 e. The first-order chi connectivity index (χ1) is 11.8. The number of benzene rings is 2. The number of aromatic hydroxyl groups is 1. The van der Waals surface area contributed by atoms with E-state index in [0.717, 1.165) is 11.8 Å². The average molecular weight is 479 g/mol. The zero-order valence-corrected chi connectivity index (χ0v) is 16.9. The zero-order valence-electron chi connectivity index (χ0n) is 12.2. The van der Waals surface area contributed by atoms with Crippen LogP contribution in [0.15, 0.2) is 44.7 Å². The van der Waals surface area contributed by atoms with E-state index < -0.39 is 0 Å². The lowest BCUT2D eigenvalue weighted by atomic mass is 10.2. The Kier molecular flexibility index (Phi) is 5.65. The maximum Gasteiger partial charge on any atom is 0.264 e. The summed E-state index contributed by atoms with van der Waals surface area (Å²) in [6.45, 7) is 0. The Morgan fingerprint density at radius 1 is 1.20 bits per heavy atom. The molecule has 0 unspecified atom stereocenters. The molecule has 0 aliphatic carbocycles. The van der Waals surface area contributed by atoms with Gasteiger partial charge in [-0.15, -0.1) is 0 Å². The Morgan fingerprint density at radius 2 is 1.96 bits per heavy atom. The number of thioether (sulfide) groups is 1. The molecule has 1 fully saturated rings. The van der Waals surface area contributed by atoms with Gasteiger partial charge in [0, 0.05) is 10.0 Å². The second-order valence-electron chi connectivity index (χ2n) is 4.88. The van der Waals surface area contributed by atoms with Gasteiger partial charge in [0.1, 0.15) is 5.75 Å². The van der Waals surface area contributed by atoms with Gasteiger partial charge < -0.3 is 10.4 Å². The maximum atomic E-state index is 12.1. The van der Waals surface area contributed by atoms with Gasteiger partial charge in [0.05, 0.1) is 25.7 Å². The predicted molar refractivity (Wildman–Crippen MR) is 108 cm³/mol. The third-order valence-electron chi connectivity index (χ3n) is 3.15. The van der Waals surface area contributed by atoms with Gasteiger partial charge in [0.25, 0.3) is 5.91 Å². The number of amidine groups is 1. The third kappa shape index (κ3) is 4.15. The highest BCUT2D eigenvalue weighted by Gasteiger charge is 2.25. The number of nitrogens with one attached hydrogen (secondary N) is 1. The molecule has 1 amide bonds. The second kappa shape index (κ2) is 7.60. The Labute approximate surface area is 171 Å². The number of carbonyl (C=O) groups excluding carboxylic acids is 1. The van der Waals surface area contributed by atoms with Crippen molar-refractivity contribution in [1.29, 1.82) is 0 Å². The van der Waals surface area contributed by atoms with Crippen molar-refractivity contribution in [3.63, 3.8) is 0 Å². The summed E-state index contributed by atoms with van der Waals surface area (Å²) in [6, 6.07) is 8.28. The van der Waals surface area contributed by atoms with Gasteiger partial charge in [0.2, 0.25) is 0 Å². The maximum absolute atomic E-state index is 12.1. The number of phenols is 1. The highest BCUT2D eigenvalue weighted by atomic mass is 79.9. The number of aliphatic imine (C=N–C) groups is 1. The minimum absolute atomic E-state index is 0.103. The van der Waals surface area contributed by atoms with E-state index in [4.69, 9.17) is 34.8 Å². The van der Waals surface area contributed by atoms with Gasteiger partial charge >= 0.3 is 0 Å². The molecule has 128 valence electrons. The monoisotopic (exact) mass is 476 g/mol. The molecule has 0 bridgehead atoms. The van der Waals surface area contributed by atoms with Gasteiger partial charge in [-0.2, -0.15) is 0 Å². The third-order valence-corrected chi connectivity index (χ3v) is 5.61. The molecular formula is C16H8BrCl3N2O2S. The Hall–Kier alpha value is -1.18. The van der Waals surface area contributed by atoms with Crippen molar-refractivity contribution < 1.29 is 9.90 Å². The molecule has 0 saturated carbocycles. The Morgan fingerprint density at radius 3 is 2.72 bits per heavy atom. The summed E-state index contributed by atoms with van der Waals surface area (Å²) >= 11 is 22.4. The fraction of sp³-hybridized carbons (Fsp3) is 0. The van der Waals surface area contributed by atoms with Crippen LogP contribution in [0.25, 0.3) is 6.08 Å². The van der Waals surface area contributed by atoms with Gasteiger partial charge in [-0.3, -0.25) is 4.79 Å². The number of hydrogen-bond acceptors (Lipinski definition) is 4. The molecule has 1 heterocycles. The quantitative estimate of drug-likeness (QED) is 0.520. The fourth-order valence-corrected chi connectivity index (χ4v) is 4.00. The standard InChI is InChI=1S/C16H8BrCl3N2O2S/c17-8-4-7(14(23)10(19)6-8)5-12-15(24)22-16(25-12)21-11-3-1-2-9(18)13(11)20/h1-6,23H,(H,21,22,24)/b12-5+. The average Bonchev–Trinajstić information content (AvgIpc) is 2.88. The molecule has 4 nitrogen and oxygen atoms in total. The van der Waals surface area contributed by atoms with Crippen molar-refractivity contribution in [1.82, 2.24) is 5.32 Å². The van der Waals surface area contributed by atoms with E-state index in [2.05, 4.69) is 26.2 Å². The van der Waals surface area contributed by atoms with Gasteiger partial charge in [-0.1, -0.05) is 56.8 Å². The van der Waals surface area contributed by atoms with Gasteiger partial charge in [0.15, 0.2) is 5.17 Å². The number of phenolic OH excluding ortho intramolecular Hbond substituents is 1. The van der Waals surface area contributed by atoms with Crippen LogP contribution >= 0.6 is 62.5 Å². The molecular weight excluding hydrogens is 471 g/mol. The molecule has 3 rings (SSSR count). The summed E-state index contributed by atoms with van der Waals surface area (Å²) in [5.41, 5.74) is 0.866. The molecule has 2 aromatic rings. The number of rotatable bonds is 2. The first-order valence-electron chi connectivity index (χ1n) is 6.77. The lowest BCUT2D eigenvalue weighted by Gasteiger charge is -2.03. The first kappa shape index (κ1) is 18.6. The smallest absolute Gasteiger partial charge is 0.264 e. The number of amides is 1. The number of nitrogens with zero attached hydrogens (tertiary/aromatic N) is 1. The summed E-state index contributed by atoms with van der Waals surface area (Å²) in [7, 11) is 0. The highest BCUT2D eigenvalue weighted by Crippen LogP contribution is 2.37. The van der Waals surface area contributed by atoms with Crippen LogP contribution in [0.2, 0.25) is 15.1 Å². The van der Waals surface area contributed by atoms with Crippen molar-refractivity contribution in [2.45, 2.75) is 0 Å². The number of hydrogen-bond donors (Lipinski definition) is 2. The normalized spacial score (nSPS) is 17.4. The van der Waals surface area contributed by atoms with Crippen LogP contribution in [0, 0.1) is 0 Å². The van der Waals surface area contributed by atoms with E-state index >= 15 is 0 Å². The van der Waals surface area contributed by atoms with Crippen LogP contribution < -0.4 is 5.32 Å². The van der Waals surface area contributed by atoms with Crippen LogP contribution in [0.4, 0.5) is 5.69 Å². The van der Waals surface area contributed by atoms with E-state index in [1.165, 1.54) is 6.08 Å². The molecule has 2 aromatic carbocycles. The highest BCUT2D eigenvalue weighted by molar-refractivity contribution is 9.10. The molecule has 0 atom stereocenters. The molecule has 0 radical (unpaired) electrons. The molecule has 1 saturated heterocycles. The number of carbonyl (C=O) groups is 1. The van der Waals surface area contributed by atoms with Crippen LogP contribution in [0.5, 0.6) is 5.75 Å². The number of halogens is 4. The topological polar surface area (TPSA) is 61.7 Å². The molecule has 25 heavy (non-hydrogen) atoms. The molecule has 2 N–H and O–H groups in total. The minimum Gasteiger partial charge on any atom is -0.506 e. The summed E-state index contributed by atoms with van der Waals surface area (Å²) in [4.78, 5) is 16.8. The van der Waals surface area contributed by atoms with E-state index in [9.17, 15) is 9.90 Å². The van der Waals surface area contributed by atoms with Crippen molar-refractivity contribution >= 4 is 85.3 Å². The van der Waals surface area contributed by atoms with Gasteiger partial charge in [-0.05, 0) is 42.1 Å². The SMILES string of the molecule is O=C1NC(=Nc2cccc(Cl)c2Cl)S/C1=C/c1cc(Br)cc(Cl)c1O. The Balaban J connectivity index is 1.93. The minimum atomic E-state index is -0.336. The fourth-order valence-electron chi connectivity index (χ4n) is 2.01. The second-order valence-corrected chi connectivity index (χ2v) is 8.02. The molecule has 0 aromatic heterocycles. The van der Waals surface area contributed by atoms with Crippen LogP contribution in [-0.2, 0) is 4.79 Å². The molecule has 1 aliphatic rings. The van der Waals surface area contributed by atoms with E-state index in [1.807, 2.05) is 0 Å². The first-order valence-corrected chi connectivity index (χ1v) is 9.51. The predicted octanol–water partition coefficient (Wildman–Crippen LogP) is 6.01. The van der Waals surface area contributed by atoms with Crippen molar-refractivity contribution in [3.05, 3.63) is 60.3 Å². The van der Waals surface area contributed by atoms with Crippen molar-refractivity contribution in [2.24, 2.45) is 4.99 Å². The molecule has 9 heteroatoms. The molecule has 0 spiro atoms. The molecule has 1 aliphatic heterocycles. The van der Waals surface area contributed by atoms with Crippen molar-refractivity contribution in [2.75, 3.05) is 0 Å². The summed E-state index contributed by atoms with van der Waals surface area (Å²) in [6.07, 6.45) is 1.54. The van der Waals surface area contributed by atoms with E-state index in [0.29, 0.717) is 35.8 Å². The van der Waals surface area contributed by atoms with Crippen molar-refractivity contribution in [3.8, 4) is 5.75 Å². The van der Waals surface area contributed by atoms with Crippen LogP contribution in [-0.4, -0.2) is 16.2 Å². The van der Waals surface area contributed by atoms with Crippen LogP contribution in [0.3, 0.4) is 0 Å². The zero-order chi connectivity index (χ0) is 18.1. The van der Waals surface area contributed by atoms with E-state index in [1.54, 1.807) is 30.3 Å². The summed E-state index contributed by atoms with van der Waals surface area (Å²) in [5.74, 6) is -0.438. The lowest BCUT2D eigenvalue weighted by molar-refractivity contribution is -0.115.